The second kappa shape index (κ2) is 7.38. The van der Waals surface area contributed by atoms with Crippen LogP contribution in [-0.4, -0.2) is 33.9 Å². The van der Waals surface area contributed by atoms with Gasteiger partial charge in [-0.3, -0.25) is 0 Å². The van der Waals surface area contributed by atoms with Crippen LogP contribution in [-0.2, 0) is 14.6 Å². The highest BCUT2D eigenvalue weighted by atomic mass is 32.2. The molecule has 1 N–H and O–H groups in total. The molecule has 0 bridgehead atoms. The van der Waals surface area contributed by atoms with Crippen LogP contribution in [0.25, 0.3) is 0 Å². The third-order valence-electron chi connectivity index (χ3n) is 3.96. The van der Waals surface area contributed by atoms with Crippen LogP contribution in [0.1, 0.15) is 44.2 Å². The molecule has 1 saturated heterocycles. The first-order valence-corrected chi connectivity index (χ1v) is 9.55. The molecule has 118 valence electrons. The first-order chi connectivity index (χ1) is 10.0. The fourth-order valence-electron chi connectivity index (χ4n) is 2.80. The van der Waals surface area contributed by atoms with Gasteiger partial charge in [-0.25, -0.2) is 8.42 Å². The molecule has 1 aromatic rings. The van der Waals surface area contributed by atoms with Crippen molar-refractivity contribution < 1.29 is 13.2 Å². The minimum atomic E-state index is -3.12. The summed E-state index contributed by atoms with van der Waals surface area (Å²) in [6.07, 6.45) is 6.01. The lowest BCUT2D eigenvalue weighted by Gasteiger charge is -2.20. The summed E-state index contributed by atoms with van der Waals surface area (Å²) in [5.74, 6) is 0. The molecule has 2 rings (SSSR count). The molecule has 0 aliphatic carbocycles. The van der Waals surface area contributed by atoms with Crippen molar-refractivity contribution in [3.8, 4) is 0 Å². The van der Waals surface area contributed by atoms with E-state index in [9.17, 15) is 8.42 Å². The van der Waals surface area contributed by atoms with Crippen molar-refractivity contribution in [1.29, 1.82) is 0 Å². The molecule has 1 fully saturated rings. The molecule has 0 radical (unpaired) electrons. The molecule has 0 amide bonds. The number of ether oxygens (including phenoxy) is 1. The zero-order valence-electron chi connectivity index (χ0n) is 12.8. The van der Waals surface area contributed by atoms with Crippen LogP contribution >= 0.6 is 0 Å². The topological polar surface area (TPSA) is 55.4 Å². The van der Waals surface area contributed by atoms with Gasteiger partial charge in [0.15, 0.2) is 9.84 Å². The Hall–Kier alpha value is -0.910. The maximum absolute atomic E-state index is 11.5. The summed E-state index contributed by atoms with van der Waals surface area (Å²) in [5, 5.41) is 3.48. The molecular formula is C16H25NO3S. The van der Waals surface area contributed by atoms with Crippen molar-refractivity contribution >= 4 is 9.84 Å². The van der Waals surface area contributed by atoms with Crippen LogP contribution in [0.4, 0.5) is 0 Å². The maximum Gasteiger partial charge on any atom is 0.175 e. The molecule has 1 aromatic carbocycles. The minimum absolute atomic E-state index is 0.257. The zero-order chi connectivity index (χ0) is 15.3. The van der Waals surface area contributed by atoms with E-state index in [4.69, 9.17) is 4.74 Å². The lowest BCUT2D eigenvalue weighted by atomic mass is 9.99. The van der Waals surface area contributed by atoms with Gasteiger partial charge >= 0.3 is 0 Å². The predicted octanol–water partition coefficient (Wildman–Crippen LogP) is 2.70. The second-order valence-electron chi connectivity index (χ2n) is 5.66. The average Bonchev–Trinajstić information content (AvgIpc) is 2.96. The van der Waals surface area contributed by atoms with Crippen molar-refractivity contribution in [2.75, 3.05) is 19.4 Å². The zero-order valence-corrected chi connectivity index (χ0v) is 13.7. The van der Waals surface area contributed by atoms with Gasteiger partial charge in [-0.2, -0.15) is 0 Å². The monoisotopic (exact) mass is 311 g/mol. The second-order valence-corrected chi connectivity index (χ2v) is 7.68. The van der Waals surface area contributed by atoms with Crippen LogP contribution in [0, 0.1) is 0 Å². The van der Waals surface area contributed by atoms with E-state index in [0.29, 0.717) is 11.0 Å². The quantitative estimate of drug-likeness (QED) is 0.841. The summed E-state index contributed by atoms with van der Waals surface area (Å²) in [7, 11) is -3.12. The molecule has 2 unspecified atom stereocenters. The van der Waals surface area contributed by atoms with Gasteiger partial charge in [0.1, 0.15) is 0 Å². The molecule has 1 heterocycles. The predicted molar refractivity (Wildman–Crippen MR) is 84.2 cm³/mol. The smallest absolute Gasteiger partial charge is 0.175 e. The third kappa shape index (κ3) is 4.80. The highest BCUT2D eigenvalue weighted by Crippen LogP contribution is 2.25. The summed E-state index contributed by atoms with van der Waals surface area (Å²) >= 11 is 0. The molecule has 0 spiro atoms. The van der Waals surface area contributed by atoms with Crippen LogP contribution < -0.4 is 5.32 Å². The van der Waals surface area contributed by atoms with Crippen molar-refractivity contribution in [1.82, 2.24) is 5.32 Å². The molecule has 1 aliphatic heterocycles. The Labute approximate surface area is 127 Å². The van der Waals surface area contributed by atoms with Gasteiger partial charge in [0, 0.05) is 18.9 Å². The van der Waals surface area contributed by atoms with Crippen LogP contribution in [0.2, 0.25) is 0 Å². The average molecular weight is 311 g/mol. The largest absolute Gasteiger partial charge is 0.378 e. The Bertz CT molecular complexity index is 533. The lowest BCUT2D eigenvalue weighted by molar-refractivity contribution is 0.0996. The molecule has 5 heteroatoms. The Kier molecular flexibility index (Phi) is 5.79. The number of sulfone groups is 1. The fourth-order valence-corrected chi connectivity index (χ4v) is 3.44. The summed E-state index contributed by atoms with van der Waals surface area (Å²) in [5.41, 5.74) is 1.14. The number of rotatable bonds is 7. The van der Waals surface area contributed by atoms with E-state index in [-0.39, 0.29) is 6.04 Å². The molecule has 0 saturated carbocycles. The fraction of sp³-hybridized carbons (Fsp3) is 0.625. The normalized spacial score (nSPS) is 20.6. The van der Waals surface area contributed by atoms with Gasteiger partial charge in [0.05, 0.1) is 11.0 Å². The Morgan fingerprint density at radius 3 is 2.57 bits per heavy atom. The van der Waals surface area contributed by atoms with Gasteiger partial charge in [-0.05, 0) is 49.9 Å². The summed E-state index contributed by atoms with van der Waals surface area (Å²) in [6.45, 7) is 3.87. The van der Waals surface area contributed by atoms with Crippen LogP contribution in [0.5, 0.6) is 0 Å². The van der Waals surface area contributed by atoms with Crippen molar-refractivity contribution in [3.05, 3.63) is 29.8 Å². The van der Waals surface area contributed by atoms with Crippen molar-refractivity contribution in [2.45, 2.75) is 49.6 Å². The highest BCUT2D eigenvalue weighted by Gasteiger charge is 2.19. The number of hydrogen-bond acceptors (Lipinski definition) is 4. The Morgan fingerprint density at radius 2 is 2.05 bits per heavy atom. The SMILES string of the molecule is CCNC(CCC1CCCO1)c1ccc(S(C)(=O)=O)cc1. The highest BCUT2D eigenvalue weighted by molar-refractivity contribution is 7.90. The molecule has 0 aromatic heterocycles. The first kappa shape index (κ1) is 16.5. The van der Waals surface area contributed by atoms with Crippen molar-refractivity contribution in [3.63, 3.8) is 0 Å². The maximum atomic E-state index is 11.5. The molecule has 1 aliphatic rings. The molecule has 4 nitrogen and oxygen atoms in total. The van der Waals surface area contributed by atoms with E-state index in [2.05, 4.69) is 12.2 Å². The van der Waals surface area contributed by atoms with E-state index in [1.54, 1.807) is 12.1 Å². The third-order valence-corrected chi connectivity index (χ3v) is 5.09. The number of hydrogen-bond donors (Lipinski definition) is 1. The van der Waals surface area contributed by atoms with E-state index in [1.807, 2.05) is 12.1 Å². The number of nitrogens with one attached hydrogen (secondary N) is 1. The van der Waals surface area contributed by atoms with Gasteiger partial charge in [-0.1, -0.05) is 19.1 Å². The Morgan fingerprint density at radius 1 is 1.33 bits per heavy atom. The number of benzene rings is 1. The minimum Gasteiger partial charge on any atom is -0.378 e. The van der Waals surface area contributed by atoms with E-state index < -0.39 is 9.84 Å². The standard InChI is InChI=1S/C16H25NO3S/c1-3-17-16(11-8-14-5-4-12-20-14)13-6-9-15(10-7-13)21(2,18)19/h6-7,9-10,14,16-17H,3-5,8,11-12H2,1-2H3. The van der Waals surface area contributed by atoms with Crippen LogP contribution in [0.3, 0.4) is 0 Å². The lowest BCUT2D eigenvalue weighted by Crippen LogP contribution is -2.22. The Balaban J connectivity index is 2.02. The van der Waals surface area contributed by atoms with Crippen molar-refractivity contribution in [2.24, 2.45) is 0 Å². The summed E-state index contributed by atoms with van der Waals surface area (Å²) in [4.78, 5) is 0.376. The van der Waals surface area contributed by atoms with Gasteiger partial charge in [0.2, 0.25) is 0 Å². The van der Waals surface area contributed by atoms with E-state index in [0.717, 1.165) is 38.0 Å². The van der Waals surface area contributed by atoms with Gasteiger partial charge in [0.25, 0.3) is 0 Å². The first-order valence-electron chi connectivity index (χ1n) is 7.65. The molecule has 21 heavy (non-hydrogen) atoms. The van der Waals surface area contributed by atoms with E-state index in [1.165, 1.54) is 12.7 Å². The summed E-state index contributed by atoms with van der Waals surface area (Å²) in [6, 6.07) is 7.48. The van der Waals surface area contributed by atoms with Gasteiger partial charge < -0.3 is 10.1 Å². The molecule has 2 atom stereocenters. The van der Waals surface area contributed by atoms with Gasteiger partial charge in [-0.15, -0.1) is 0 Å². The van der Waals surface area contributed by atoms with E-state index >= 15 is 0 Å². The summed E-state index contributed by atoms with van der Waals surface area (Å²) < 4.78 is 28.7. The molecular weight excluding hydrogens is 286 g/mol. The van der Waals surface area contributed by atoms with Crippen LogP contribution in [0.15, 0.2) is 29.2 Å².